The largest absolute Gasteiger partial charge is 0.442 e. The lowest BCUT2D eigenvalue weighted by Gasteiger charge is -1.88. The Morgan fingerprint density at radius 2 is 2.23 bits per heavy atom. The molecule has 0 spiro atoms. The van der Waals surface area contributed by atoms with Gasteiger partial charge in [-0.05, 0) is 13.8 Å². The van der Waals surface area contributed by atoms with Crippen molar-refractivity contribution < 1.29 is 4.42 Å². The van der Waals surface area contributed by atoms with E-state index in [0.29, 0.717) is 28.2 Å². The van der Waals surface area contributed by atoms with Crippen LogP contribution >= 0.6 is 0 Å². The SMILES string of the molecule is Cc1ncc2c(C#N)c(C)oc2n1. The zero-order valence-electron chi connectivity index (χ0n) is 7.33. The Bertz CT molecular complexity index is 507. The van der Waals surface area contributed by atoms with Gasteiger partial charge in [-0.25, -0.2) is 4.98 Å². The van der Waals surface area contributed by atoms with E-state index in [-0.39, 0.29) is 0 Å². The molecule has 0 aliphatic carbocycles. The van der Waals surface area contributed by atoms with E-state index in [1.807, 2.05) is 0 Å². The molecule has 0 saturated carbocycles. The summed E-state index contributed by atoms with van der Waals surface area (Å²) in [5.74, 6) is 1.24. The molecule has 0 aromatic carbocycles. The Hall–Kier alpha value is -1.89. The van der Waals surface area contributed by atoms with Gasteiger partial charge in [0.25, 0.3) is 0 Å². The second-order valence-electron chi connectivity index (χ2n) is 2.78. The first-order chi connectivity index (χ1) is 6.22. The maximum absolute atomic E-state index is 8.81. The van der Waals surface area contributed by atoms with Crippen LogP contribution in [0.25, 0.3) is 11.1 Å². The van der Waals surface area contributed by atoms with Gasteiger partial charge in [0.2, 0.25) is 5.71 Å². The highest BCUT2D eigenvalue weighted by Gasteiger charge is 2.11. The molecule has 4 heteroatoms. The summed E-state index contributed by atoms with van der Waals surface area (Å²) in [6, 6.07) is 2.06. The molecule has 13 heavy (non-hydrogen) atoms. The Labute approximate surface area is 74.8 Å². The number of nitrogens with zero attached hydrogens (tertiary/aromatic N) is 3. The molecule has 2 aromatic rings. The smallest absolute Gasteiger partial charge is 0.230 e. The number of hydrogen-bond acceptors (Lipinski definition) is 4. The van der Waals surface area contributed by atoms with Crippen LogP contribution in [0, 0.1) is 25.2 Å². The predicted molar refractivity (Wildman–Crippen MR) is 46.0 cm³/mol. The van der Waals surface area contributed by atoms with Crippen molar-refractivity contribution in [2.45, 2.75) is 13.8 Å². The van der Waals surface area contributed by atoms with Gasteiger partial charge in [0.15, 0.2) is 0 Å². The first-order valence-corrected chi connectivity index (χ1v) is 3.85. The molecule has 0 fully saturated rings. The molecule has 4 nitrogen and oxygen atoms in total. The second kappa shape index (κ2) is 2.56. The van der Waals surface area contributed by atoms with Gasteiger partial charge < -0.3 is 4.42 Å². The van der Waals surface area contributed by atoms with Crippen molar-refractivity contribution in [2.24, 2.45) is 0 Å². The van der Waals surface area contributed by atoms with E-state index in [0.717, 1.165) is 0 Å². The number of hydrogen-bond donors (Lipinski definition) is 0. The van der Waals surface area contributed by atoms with Crippen molar-refractivity contribution in [3.05, 3.63) is 23.3 Å². The Kier molecular flexibility index (Phi) is 1.52. The van der Waals surface area contributed by atoms with Gasteiger partial charge in [-0.15, -0.1) is 0 Å². The third-order valence-electron chi connectivity index (χ3n) is 1.86. The van der Waals surface area contributed by atoms with E-state index in [1.54, 1.807) is 20.0 Å². The molecule has 2 rings (SSSR count). The number of furan rings is 1. The predicted octanol–water partition coefficient (Wildman–Crippen LogP) is 1.71. The monoisotopic (exact) mass is 173 g/mol. The first kappa shape index (κ1) is 7.74. The molecule has 0 aliphatic rings. The lowest BCUT2D eigenvalue weighted by Crippen LogP contribution is -1.85. The molecular weight excluding hydrogens is 166 g/mol. The molecule has 2 aromatic heterocycles. The fourth-order valence-corrected chi connectivity index (χ4v) is 1.22. The van der Waals surface area contributed by atoms with E-state index < -0.39 is 0 Å². The molecule has 0 unspecified atom stereocenters. The maximum atomic E-state index is 8.81. The summed E-state index contributed by atoms with van der Waals surface area (Å²) < 4.78 is 5.30. The van der Waals surface area contributed by atoms with E-state index in [1.165, 1.54) is 0 Å². The molecule has 0 N–H and O–H groups in total. The van der Waals surface area contributed by atoms with E-state index in [9.17, 15) is 0 Å². The van der Waals surface area contributed by atoms with E-state index in [4.69, 9.17) is 9.68 Å². The summed E-state index contributed by atoms with van der Waals surface area (Å²) in [6.45, 7) is 3.53. The minimum Gasteiger partial charge on any atom is -0.442 e. The second-order valence-corrected chi connectivity index (χ2v) is 2.78. The summed E-state index contributed by atoms with van der Waals surface area (Å²) >= 11 is 0. The number of aryl methyl sites for hydroxylation is 2. The van der Waals surface area contributed by atoms with Crippen LogP contribution in [0.4, 0.5) is 0 Å². The van der Waals surface area contributed by atoms with E-state index in [2.05, 4.69) is 16.0 Å². The summed E-state index contributed by atoms with van der Waals surface area (Å²) in [5.41, 5.74) is 1.01. The van der Waals surface area contributed by atoms with Crippen molar-refractivity contribution in [3.8, 4) is 6.07 Å². The standard InChI is InChI=1S/C9H7N3O/c1-5-7(3-10)8-4-11-6(2)12-9(8)13-5/h4H,1-2H3. The van der Waals surface area contributed by atoms with Crippen LogP contribution in [0.3, 0.4) is 0 Å². The van der Waals surface area contributed by atoms with Crippen LogP contribution in [-0.4, -0.2) is 9.97 Å². The molecule has 0 radical (unpaired) electrons. The van der Waals surface area contributed by atoms with Gasteiger partial charge in [0.05, 0.1) is 5.39 Å². The molecule has 0 bridgehead atoms. The van der Waals surface area contributed by atoms with Crippen molar-refractivity contribution >= 4 is 11.1 Å². The maximum Gasteiger partial charge on any atom is 0.230 e. The van der Waals surface area contributed by atoms with Gasteiger partial charge in [0.1, 0.15) is 23.2 Å². The van der Waals surface area contributed by atoms with Crippen molar-refractivity contribution in [2.75, 3.05) is 0 Å². The van der Waals surface area contributed by atoms with Crippen LogP contribution in [0.2, 0.25) is 0 Å². The zero-order chi connectivity index (χ0) is 9.42. The van der Waals surface area contributed by atoms with Crippen LogP contribution in [0.15, 0.2) is 10.6 Å². The summed E-state index contributed by atoms with van der Waals surface area (Å²) in [5, 5.41) is 9.49. The fraction of sp³-hybridized carbons (Fsp3) is 0.222. The Balaban J connectivity index is 2.88. The normalized spacial score (nSPS) is 10.2. The van der Waals surface area contributed by atoms with Gasteiger partial charge in [-0.2, -0.15) is 10.2 Å². The average molecular weight is 173 g/mol. The van der Waals surface area contributed by atoms with Gasteiger partial charge in [-0.1, -0.05) is 0 Å². The third-order valence-corrected chi connectivity index (χ3v) is 1.86. The molecule has 64 valence electrons. The van der Waals surface area contributed by atoms with Gasteiger partial charge >= 0.3 is 0 Å². The molecule has 0 atom stereocenters. The quantitative estimate of drug-likeness (QED) is 0.608. The number of aromatic nitrogens is 2. The highest BCUT2D eigenvalue weighted by atomic mass is 16.3. The third kappa shape index (κ3) is 1.05. The zero-order valence-corrected chi connectivity index (χ0v) is 7.33. The summed E-state index contributed by atoms with van der Waals surface area (Å²) in [6.07, 6.45) is 1.62. The summed E-state index contributed by atoms with van der Waals surface area (Å²) in [7, 11) is 0. The van der Waals surface area contributed by atoms with Crippen LogP contribution in [-0.2, 0) is 0 Å². The molecule has 0 aliphatic heterocycles. The topological polar surface area (TPSA) is 62.7 Å². The first-order valence-electron chi connectivity index (χ1n) is 3.85. The highest BCUT2D eigenvalue weighted by molar-refractivity contribution is 5.81. The Morgan fingerprint density at radius 1 is 1.46 bits per heavy atom. The number of nitriles is 1. The lowest BCUT2D eigenvalue weighted by molar-refractivity contribution is 0.564. The lowest BCUT2D eigenvalue weighted by atomic mass is 10.2. The summed E-state index contributed by atoms with van der Waals surface area (Å²) in [4.78, 5) is 8.08. The molecule has 0 saturated heterocycles. The van der Waals surface area contributed by atoms with Crippen molar-refractivity contribution in [3.63, 3.8) is 0 Å². The molecular formula is C9H7N3O. The van der Waals surface area contributed by atoms with Crippen LogP contribution < -0.4 is 0 Å². The van der Waals surface area contributed by atoms with Crippen molar-refractivity contribution in [1.29, 1.82) is 5.26 Å². The van der Waals surface area contributed by atoms with E-state index >= 15 is 0 Å². The average Bonchev–Trinajstić information content (AvgIpc) is 2.39. The minimum absolute atomic E-state index is 0.488. The van der Waals surface area contributed by atoms with Gasteiger partial charge in [-0.3, -0.25) is 0 Å². The minimum atomic E-state index is 0.488. The Morgan fingerprint density at radius 3 is 2.92 bits per heavy atom. The highest BCUT2D eigenvalue weighted by Crippen LogP contribution is 2.21. The number of fused-ring (bicyclic) bond motifs is 1. The van der Waals surface area contributed by atoms with Crippen LogP contribution in [0.1, 0.15) is 17.1 Å². The van der Waals surface area contributed by atoms with Crippen molar-refractivity contribution in [1.82, 2.24) is 9.97 Å². The fourth-order valence-electron chi connectivity index (χ4n) is 1.22. The van der Waals surface area contributed by atoms with Crippen LogP contribution in [0.5, 0.6) is 0 Å². The number of rotatable bonds is 0. The molecule has 2 heterocycles. The molecule has 0 amide bonds. The van der Waals surface area contributed by atoms with Gasteiger partial charge in [0, 0.05) is 6.20 Å².